The van der Waals surface area contributed by atoms with Gasteiger partial charge in [0.05, 0.1) is 37.9 Å². The van der Waals surface area contributed by atoms with E-state index in [1.807, 2.05) is 18.5 Å². The van der Waals surface area contributed by atoms with Crippen LogP contribution in [0.3, 0.4) is 0 Å². The Morgan fingerprint density at radius 3 is 2.82 bits per heavy atom. The molecule has 2 heterocycles. The number of hydrogen-bond donors (Lipinski definition) is 1. The first kappa shape index (κ1) is 22.2. The number of carbonyl (C=O) groups excluding carboxylic acids is 1. The first-order valence-corrected chi connectivity index (χ1v) is 10.2. The molecule has 1 atom stereocenters. The van der Waals surface area contributed by atoms with Gasteiger partial charge in [0.15, 0.2) is 5.96 Å². The molecular weight excluding hydrogens is 358 g/mol. The number of hydrogen-bond acceptors (Lipinski definition) is 5. The Morgan fingerprint density at radius 2 is 2.14 bits per heavy atom. The number of aliphatic imine (C=N–C) groups is 1. The van der Waals surface area contributed by atoms with Crippen molar-refractivity contribution in [3.05, 3.63) is 17.0 Å². The zero-order valence-corrected chi connectivity index (χ0v) is 18.0. The van der Waals surface area contributed by atoms with Gasteiger partial charge in [0.1, 0.15) is 0 Å². The van der Waals surface area contributed by atoms with E-state index in [0.717, 1.165) is 55.4 Å². The van der Waals surface area contributed by atoms with Gasteiger partial charge >= 0.3 is 5.97 Å². The fourth-order valence-corrected chi connectivity index (χ4v) is 3.56. The van der Waals surface area contributed by atoms with Crippen molar-refractivity contribution in [1.82, 2.24) is 20.0 Å². The summed E-state index contributed by atoms with van der Waals surface area (Å²) in [4.78, 5) is 19.2. The molecule has 0 unspecified atom stereocenters. The third kappa shape index (κ3) is 5.70. The smallest absolute Gasteiger partial charge is 0.310 e. The van der Waals surface area contributed by atoms with E-state index in [4.69, 9.17) is 14.5 Å². The van der Waals surface area contributed by atoms with Crippen molar-refractivity contribution < 1.29 is 14.3 Å². The van der Waals surface area contributed by atoms with Gasteiger partial charge in [-0.3, -0.25) is 9.48 Å². The number of ether oxygens (including phenoxy) is 2. The van der Waals surface area contributed by atoms with Crippen molar-refractivity contribution in [3.63, 3.8) is 0 Å². The van der Waals surface area contributed by atoms with E-state index in [9.17, 15) is 4.79 Å². The summed E-state index contributed by atoms with van der Waals surface area (Å²) >= 11 is 0. The summed E-state index contributed by atoms with van der Waals surface area (Å²) in [6, 6.07) is 0. The van der Waals surface area contributed by atoms with Gasteiger partial charge in [-0.25, -0.2) is 4.99 Å². The Morgan fingerprint density at radius 1 is 1.36 bits per heavy atom. The maximum Gasteiger partial charge on any atom is 0.310 e. The molecular formula is C20H35N5O3. The molecule has 0 spiro atoms. The average Bonchev–Trinajstić information content (AvgIpc) is 2.96. The lowest BCUT2D eigenvalue weighted by Gasteiger charge is -2.34. The zero-order valence-electron chi connectivity index (χ0n) is 18.0. The topological polar surface area (TPSA) is 81.0 Å². The normalized spacial score (nSPS) is 17.7. The molecule has 0 radical (unpaired) electrons. The number of guanidine groups is 1. The molecule has 1 aliphatic heterocycles. The van der Waals surface area contributed by atoms with E-state index >= 15 is 0 Å². The Labute approximate surface area is 168 Å². The fraction of sp³-hybridized carbons (Fsp3) is 0.750. The number of likely N-dealkylation sites (tertiary alicyclic amines) is 1. The van der Waals surface area contributed by atoms with Crippen molar-refractivity contribution in [1.29, 1.82) is 0 Å². The van der Waals surface area contributed by atoms with E-state index in [0.29, 0.717) is 26.3 Å². The Hall–Kier alpha value is -2.09. The molecule has 1 aliphatic rings. The number of esters is 1. The quantitative estimate of drug-likeness (QED) is 0.413. The van der Waals surface area contributed by atoms with Crippen molar-refractivity contribution in [3.8, 4) is 0 Å². The minimum atomic E-state index is -0.103. The lowest BCUT2D eigenvalue weighted by atomic mass is 9.98. The highest BCUT2D eigenvalue weighted by atomic mass is 16.5. The highest BCUT2D eigenvalue weighted by Crippen LogP contribution is 2.19. The minimum Gasteiger partial charge on any atom is -0.466 e. The molecule has 0 aliphatic carbocycles. The number of aryl methyl sites for hydroxylation is 1. The van der Waals surface area contributed by atoms with Gasteiger partial charge in [-0.15, -0.1) is 0 Å². The van der Waals surface area contributed by atoms with Gasteiger partial charge in [0.2, 0.25) is 0 Å². The van der Waals surface area contributed by atoms with Crippen molar-refractivity contribution in [2.24, 2.45) is 10.9 Å². The SMILES string of the molecule is CCNC(=NCc1c(C)nn(CCOC)c1C)N1CCC[C@@H](C(=O)OCC)C1. The fourth-order valence-electron chi connectivity index (χ4n) is 3.56. The molecule has 1 saturated heterocycles. The summed E-state index contributed by atoms with van der Waals surface area (Å²) < 4.78 is 12.4. The molecule has 2 rings (SSSR count). The third-order valence-electron chi connectivity index (χ3n) is 5.10. The number of piperidine rings is 1. The maximum atomic E-state index is 12.2. The van der Waals surface area contributed by atoms with Crippen LogP contribution in [0.1, 0.15) is 43.6 Å². The number of nitrogens with one attached hydrogen (secondary N) is 1. The Kier molecular flexibility index (Phi) is 8.76. The molecule has 8 nitrogen and oxygen atoms in total. The molecule has 1 N–H and O–H groups in total. The molecule has 0 aromatic carbocycles. The van der Waals surface area contributed by atoms with Crippen LogP contribution in [-0.2, 0) is 27.4 Å². The zero-order chi connectivity index (χ0) is 20.5. The van der Waals surface area contributed by atoms with Crippen LogP contribution in [-0.4, -0.2) is 66.6 Å². The Balaban J connectivity index is 2.12. The van der Waals surface area contributed by atoms with Crippen LogP contribution in [0.25, 0.3) is 0 Å². The second-order valence-corrected chi connectivity index (χ2v) is 7.07. The summed E-state index contributed by atoms with van der Waals surface area (Å²) in [6.45, 7) is 12.7. The standard InChI is InChI=1S/C20H35N5O3/c1-6-21-20(24-10-8-9-17(14-24)19(26)28-7-2)22-13-18-15(3)23-25(16(18)4)11-12-27-5/h17H,6-14H2,1-5H3,(H,21,22)/t17-/m1/s1. The molecule has 28 heavy (non-hydrogen) atoms. The van der Waals surface area contributed by atoms with E-state index in [1.54, 1.807) is 7.11 Å². The van der Waals surface area contributed by atoms with Gasteiger partial charge < -0.3 is 19.7 Å². The van der Waals surface area contributed by atoms with E-state index < -0.39 is 0 Å². The van der Waals surface area contributed by atoms with Crippen LogP contribution in [0.5, 0.6) is 0 Å². The van der Waals surface area contributed by atoms with E-state index in [1.165, 1.54) is 0 Å². The van der Waals surface area contributed by atoms with Crippen molar-refractivity contribution >= 4 is 11.9 Å². The number of rotatable bonds is 8. The summed E-state index contributed by atoms with van der Waals surface area (Å²) in [6.07, 6.45) is 1.83. The predicted molar refractivity (Wildman–Crippen MR) is 109 cm³/mol. The summed E-state index contributed by atoms with van der Waals surface area (Å²) in [7, 11) is 1.70. The summed E-state index contributed by atoms with van der Waals surface area (Å²) in [5.41, 5.74) is 3.26. The lowest BCUT2D eigenvalue weighted by molar-refractivity contribution is -0.149. The van der Waals surface area contributed by atoms with Crippen LogP contribution in [0.2, 0.25) is 0 Å². The highest BCUT2D eigenvalue weighted by molar-refractivity contribution is 5.81. The molecule has 0 saturated carbocycles. The monoisotopic (exact) mass is 393 g/mol. The van der Waals surface area contributed by atoms with Crippen molar-refractivity contribution in [2.75, 3.05) is 40.0 Å². The summed E-state index contributed by atoms with van der Waals surface area (Å²) in [5, 5.41) is 7.98. The second-order valence-electron chi connectivity index (χ2n) is 7.07. The van der Waals surface area contributed by atoms with E-state index in [2.05, 4.69) is 29.2 Å². The lowest BCUT2D eigenvalue weighted by Crippen LogP contribution is -2.48. The van der Waals surface area contributed by atoms with E-state index in [-0.39, 0.29) is 11.9 Å². The largest absolute Gasteiger partial charge is 0.466 e. The Bertz CT molecular complexity index is 671. The third-order valence-corrected chi connectivity index (χ3v) is 5.10. The molecule has 1 aromatic heterocycles. The van der Waals surface area contributed by atoms with Crippen LogP contribution < -0.4 is 5.32 Å². The van der Waals surface area contributed by atoms with Gasteiger partial charge in [0.25, 0.3) is 0 Å². The molecule has 8 heteroatoms. The minimum absolute atomic E-state index is 0.0853. The number of carbonyl (C=O) groups is 1. The number of methoxy groups -OCH3 is 1. The number of nitrogens with zero attached hydrogens (tertiary/aromatic N) is 4. The molecule has 158 valence electrons. The highest BCUT2D eigenvalue weighted by Gasteiger charge is 2.28. The van der Waals surface area contributed by atoms with Crippen molar-refractivity contribution in [2.45, 2.75) is 53.6 Å². The molecule has 0 bridgehead atoms. The molecule has 1 fully saturated rings. The molecule has 1 aromatic rings. The van der Waals surface area contributed by atoms with Crippen LogP contribution in [0, 0.1) is 19.8 Å². The van der Waals surface area contributed by atoms with Gasteiger partial charge in [0, 0.05) is 38.0 Å². The maximum absolute atomic E-state index is 12.2. The van der Waals surface area contributed by atoms with Gasteiger partial charge in [-0.05, 0) is 40.5 Å². The first-order valence-electron chi connectivity index (χ1n) is 10.2. The average molecular weight is 394 g/mol. The van der Waals surface area contributed by atoms with Crippen LogP contribution >= 0.6 is 0 Å². The predicted octanol–water partition coefficient (Wildman–Crippen LogP) is 1.89. The molecule has 0 amide bonds. The summed E-state index contributed by atoms with van der Waals surface area (Å²) in [5.74, 6) is 0.659. The number of aromatic nitrogens is 2. The van der Waals surface area contributed by atoms with Gasteiger partial charge in [-0.1, -0.05) is 0 Å². The second kappa shape index (κ2) is 11.0. The van der Waals surface area contributed by atoms with Crippen LogP contribution in [0.4, 0.5) is 0 Å². The van der Waals surface area contributed by atoms with Crippen LogP contribution in [0.15, 0.2) is 4.99 Å². The van der Waals surface area contributed by atoms with Gasteiger partial charge in [-0.2, -0.15) is 5.10 Å². The first-order chi connectivity index (χ1) is 13.5.